The lowest BCUT2D eigenvalue weighted by atomic mass is 10.1. The number of hydrogen-bond acceptors (Lipinski definition) is 4. The van der Waals surface area contributed by atoms with Crippen molar-refractivity contribution in [1.82, 2.24) is 4.98 Å². The molecule has 0 aliphatic heterocycles. The van der Waals surface area contributed by atoms with E-state index in [-0.39, 0.29) is 6.61 Å². The van der Waals surface area contributed by atoms with Crippen molar-refractivity contribution in [2.45, 2.75) is 6.92 Å². The van der Waals surface area contributed by atoms with E-state index in [1.807, 2.05) is 55.5 Å². The number of aliphatic hydroxyl groups excluding tert-OH is 1. The molecule has 0 aliphatic rings. The second-order valence-electron chi connectivity index (χ2n) is 5.02. The topological polar surface area (TPSA) is 59.4 Å². The van der Waals surface area contributed by atoms with Gasteiger partial charge >= 0.3 is 0 Å². The maximum Gasteiger partial charge on any atom is 0.263 e. The van der Waals surface area contributed by atoms with Crippen molar-refractivity contribution in [3.8, 4) is 11.7 Å². The van der Waals surface area contributed by atoms with Crippen LogP contribution in [0.25, 0.3) is 29.9 Å². The maximum absolute atomic E-state index is 8.77. The Kier molecular flexibility index (Phi) is 4.54. The molecule has 2 aromatic heterocycles. The number of oxazole rings is 1. The molecule has 1 aromatic carbocycles. The molecule has 3 rings (SSSR count). The highest BCUT2D eigenvalue weighted by atomic mass is 16.4. The van der Waals surface area contributed by atoms with Gasteiger partial charge in [-0.25, -0.2) is 4.98 Å². The first kappa shape index (κ1) is 15.1. The fourth-order valence-corrected chi connectivity index (χ4v) is 2.15. The summed E-state index contributed by atoms with van der Waals surface area (Å²) in [5.74, 6) is 1.85. The molecule has 0 atom stereocenters. The second kappa shape index (κ2) is 6.94. The quantitative estimate of drug-likeness (QED) is 0.758. The molecule has 0 amide bonds. The largest absolute Gasteiger partial charge is 0.459 e. The second-order valence-corrected chi connectivity index (χ2v) is 5.02. The number of nitrogens with zero attached hydrogens (tertiary/aromatic N) is 1. The molecule has 0 saturated heterocycles. The van der Waals surface area contributed by atoms with Gasteiger partial charge in [-0.05, 0) is 36.3 Å². The van der Waals surface area contributed by atoms with Gasteiger partial charge in [-0.3, -0.25) is 0 Å². The van der Waals surface area contributed by atoms with E-state index in [0.29, 0.717) is 11.7 Å². The first-order valence-corrected chi connectivity index (χ1v) is 7.33. The van der Waals surface area contributed by atoms with Crippen molar-refractivity contribution < 1.29 is 13.9 Å². The fraction of sp³-hybridized carbons (Fsp3) is 0.105. The Morgan fingerprint density at radius 2 is 1.78 bits per heavy atom. The van der Waals surface area contributed by atoms with Crippen LogP contribution >= 0.6 is 0 Å². The predicted molar refractivity (Wildman–Crippen MR) is 90.4 cm³/mol. The normalized spacial score (nSPS) is 11.7. The van der Waals surface area contributed by atoms with E-state index in [9.17, 15) is 0 Å². The van der Waals surface area contributed by atoms with Crippen LogP contribution in [0.1, 0.15) is 22.6 Å². The lowest BCUT2D eigenvalue weighted by molar-refractivity contribution is 0.343. The smallest absolute Gasteiger partial charge is 0.263 e. The summed E-state index contributed by atoms with van der Waals surface area (Å²) in [5.41, 5.74) is 2.89. The Morgan fingerprint density at radius 3 is 2.43 bits per heavy atom. The van der Waals surface area contributed by atoms with Gasteiger partial charge in [0.1, 0.15) is 11.5 Å². The minimum atomic E-state index is 0.0467. The van der Waals surface area contributed by atoms with Gasteiger partial charge in [0.25, 0.3) is 5.89 Å². The summed E-state index contributed by atoms with van der Waals surface area (Å²) in [7, 11) is 0. The van der Waals surface area contributed by atoms with Gasteiger partial charge in [0.05, 0.1) is 12.9 Å². The maximum atomic E-state index is 8.77. The summed E-state index contributed by atoms with van der Waals surface area (Å²) in [6.45, 7) is 1.92. The Hall–Kier alpha value is -2.85. The summed E-state index contributed by atoms with van der Waals surface area (Å²) in [6.07, 6.45) is 9.09. The molecule has 0 aliphatic carbocycles. The first-order valence-electron chi connectivity index (χ1n) is 7.33. The summed E-state index contributed by atoms with van der Waals surface area (Å²) >= 11 is 0. The van der Waals surface area contributed by atoms with E-state index in [4.69, 9.17) is 13.9 Å². The van der Waals surface area contributed by atoms with Gasteiger partial charge in [0.15, 0.2) is 5.76 Å². The highest BCUT2D eigenvalue weighted by molar-refractivity contribution is 5.70. The monoisotopic (exact) mass is 307 g/mol. The zero-order valence-corrected chi connectivity index (χ0v) is 12.8. The molecule has 0 saturated carbocycles. The Morgan fingerprint density at radius 1 is 1.04 bits per heavy atom. The minimum Gasteiger partial charge on any atom is -0.459 e. The standard InChI is InChI=1S/C19H17NO3/c1-14-17(20-19(23-14)18-5-3-13-22-18)11-10-16-8-6-15(7-9-16)4-2-12-21/h2-11,13,21H,12H2,1H3. The Bertz CT molecular complexity index is 809. The van der Waals surface area contributed by atoms with Crippen molar-refractivity contribution in [3.63, 3.8) is 0 Å². The van der Waals surface area contributed by atoms with Gasteiger partial charge in [-0.2, -0.15) is 0 Å². The number of aryl methyl sites for hydroxylation is 1. The molecule has 0 spiro atoms. The van der Waals surface area contributed by atoms with Crippen molar-refractivity contribution in [2.75, 3.05) is 6.61 Å². The lowest BCUT2D eigenvalue weighted by Gasteiger charge is -1.95. The van der Waals surface area contributed by atoms with Gasteiger partial charge in [-0.1, -0.05) is 42.5 Å². The molecule has 2 heterocycles. The number of aromatic nitrogens is 1. The SMILES string of the molecule is Cc1oc(-c2ccco2)nc1C=Cc1ccc(C=CCO)cc1. The predicted octanol–water partition coefficient (Wildman–Crippen LogP) is 4.42. The van der Waals surface area contributed by atoms with Crippen LogP contribution in [-0.2, 0) is 0 Å². The van der Waals surface area contributed by atoms with E-state index in [1.54, 1.807) is 18.4 Å². The van der Waals surface area contributed by atoms with E-state index >= 15 is 0 Å². The molecule has 23 heavy (non-hydrogen) atoms. The molecule has 0 bridgehead atoms. The number of furan rings is 1. The van der Waals surface area contributed by atoms with E-state index in [2.05, 4.69) is 4.98 Å². The summed E-state index contributed by atoms with van der Waals surface area (Å²) in [4.78, 5) is 4.44. The van der Waals surface area contributed by atoms with Gasteiger partial charge in [0.2, 0.25) is 0 Å². The van der Waals surface area contributed by atoms with Crippen LogP contribution in [0.2, 0.25) is 0 Å². The van der Waals surface area contributed by atoms with E-state index in [1.165, 1.54) is 0 Å². The van der Waals surface area contributed by atoms with Crippen LogP contribution in [0.5, 0.6) is 0 Å². The van der Waals surface area contributed by atoms with Crippen LogP contribution in [0, 0.1) is 6.92 Å². The third-order valence-corrected chi connectivity index (χ3v) is 3.35. The number of benzene rings is 1. The van der Waals surface area contributed by atoms with Crippen molar-refractivity contribution in [1.29, 1.82) is 0 Å². The molecule has 4 heteroatoms. The van der Waals surface area contributed by atoms with Crippen molar-refractivity contribution in [3.05, 3.63) is 71.3 Å². The third kappa shape index (κ3) is 3.67. The Balaban J connectivity index is 1.76. The highest BCUT2D eigenvalue weighted by Gasteiger charge is 2.11. The van der Waals surface area contributed by atoms with Gasteiger partial charge in [0, 0.05) is 0 Å². The third-order valence-electron chi connectivity index (χ3n) is 3.35. The van der Waals surface area contributed by atoms with Crippen LogP contribution < -0.4 is 0 Å². The van der Waals surface area contributed by atoms with E-state index in [0.717, 1.165) is 22.6 Å². The zero-order chi connectivity index (χ0) is 16.1. The van der Waals surface area contributed by atoms with E-state index < -0.39 is 0 Å². The van der Waals surface area contributed by atoms with Gasteiger partial charge < -0.3 is 13.9 Å². The highest BCUT2D eigenvalue weighted by Crippen LogP contribution is 2.23. The summed E-state index contributed by atoms with van der Waals surface area (Å²) < 4.78 is 10.9. The molecule has 4 nitrogen and oxygen atoms in total. The van der Waals surface area contributed by atoms with Crippen LogP contribution in [0.4, 0.5) is 0 Å². The summed E-state index contributed by atoms with van der Waals surface area (Å²) in [5, 5.41) is 8.77. The minimum absolute atomic E-state index is 0.0467. The average molecular weight is 307 g/mol. The fourth-order valence-electron chi connectivity index (χ4n) is 2.15. The number of aliphatic hydroxyl groups is 1. The molecule has 116 valence electrons. The zero-order valence-electron chi connectivity index (χ0n) is 12.8. The molecule has 0 fully saturated rings. The average Bonchev–Trinajstić information content (AvgIpc) is 3.21. The number of hydrogen-bond donors (Lipinski definition) is 1. The van der Waals surface area contributed by atoms with Crippen LogP contribution in [-0.4, -0.2) is 16.7 Å². The molecule has 0 unspecified atom stereocenters. The van der Waals surface area contributed by atoms with Crippen LogP contribution in [0.3, 0.4) is 0 Å². The molecule has 0 radical (unpaired) electrons. The van der Waals surface area contributed by atoms with Crippen molar-refractivity contribution in [2.24, 2.45) is 0 Å². The molecular formula is C19H17NO3. The van der Waals surface area contributed by atoms with Crippen molar-refractivity contribution >= 4 is 18.2 Å². The number of rotatable bonds is 5. The first-order chi connectivity index (χ1) is 11.3. The summed E-state index contributed by atoms with van der Waals surface area (Å²) in [6, 6.07) is 11.6. The Labute approximate surface area is 134 Å². The lowest BCUT2D eigenvalue weighted by Crippen LogP contribution is -1.78. The molecule has 3 aromatic rings. The van der Waals surface area contributed by atoms with Crippen LogP contribution in [0.15, 0.2) is 57.6 Å². The van der Waals surface area contributed by atoms with Gasteiger partial charge in [-0.15, -0.1) is 0 Å². The molecule has 1 N–H and O–H groups in total. The molecular weight excluding hydrogens is 290 g/mol.